The zero-order chi connectivity index (χ0) is 13.4. The van der Waals surface area contributed by atoms with Gasteiger partial charge in [-0.15, -0.1) is 0 Å². The Balaban J connectivity index is 2.78. The van der Waals surface area contributed by atoms with Gasteiger partial charge in [0.15, 0.2) is 5.83 Å². The molecular formula is C14H19FO2. The molecule has 94 valence electrons. The number of aliphatic carboxylic acids is 1. The lowest BCUT2D eigenvalue weighted by molar-refractivity contribution is -0.139. The first-order valence-corrected chi connectivity index (χ1v) is 5.69. The fourth-order valence-corrected chi connectivity index (χ4v) is 1.91. The van der Waals surface area contributed by atoms with Crippen LogP contribution in [0.3, 0.4) is 0 Å². The fourth-order valence-electron chi connectivity index (χ4n) is 1.91. The van der Waals surface area contributed by atoms with Gasteiger partial charge in [0, 0.05) is 11.3 Å². The van der Waals surface area contributed by atoms with E-state index in [0.29, 0.717) is 0 Å². The molecule has 1 fully saturated rings. The summed E-state index contributed by atoms with van der Waals surface area (Å²) in [6, 6.07) is 0. The predicted octanol–water partition coefficient (Wildman–Crippen LogP) is 3.25. The van der Waals surface area contributed by atoms with Gasteiger partial charge in [-0.05, 0) is 38.2 Å². The Morgan fingerprint density at radius 3 is 2.29 bits per heavy atom. The molecule has 3 heteroatoms. The van der Waals surface area contributed by atoms with Crippen LogP contribution in [0.1, 0.15) is 34.6 Å². The lowest BCUT2D eigenvalue weighted by Gasteiger charge is -2.06. The molecule has 0 radical (unpaired) electrons. The molecule has 2 atom stereocenters. The van der Waals surface area contributed by atoms with Crippen molar-refractivity contribution in [2.45, 2.75) is 34.6 Å². The van der Waals surface area contributed by atoms with Crippen molar-refractivity contribution < 1.29 is 14.3 Å². The number of hydrogen-bond donors (Lipinski definition) is 1. The second-order valence-corrected chi connectivity index (χ2v) is 6.18. The topological polar surface area (TPSA) is 37.3 Å². The average Bonchev–Trinajstić information content (AvgIpc) is 2.63. The summed E-state index contributed by atoms with van der Waals surface area (Å²) in [5, 5.41) is 8.94. The van der Waals surface area contributed by atoms with E-state index in [-0.39, 0.29) is 16.7 Å². The van der Waals surface area contributed by atoms with Gasteiger partial charge in [-0.1, -0.05) is 19.8 Å². The summed E-state index contributed by atoms with van der Waals surface area (Å²) in [4.78, 5) is 10.9. The van der Waals surface area contributed by atoms with Crippen molar-refractivity contribution in [3.8, 4) is 11.8 Å². The highest BCUT2D eigenvalue weighted by Crippen LogP contribution is 2.59. The van der Waals surface area contributed by atoms with Gasteiger partial charge in [-0.25, -0.2) is 0 Å². The van der Waals surface area contributed by atoms with Crippen LogP contribution in [0, 0.1) is 34.5 Å². The van der Waals surface area contributed by atoms with Gasteiger partial charge in [-0.2, -0.15) is 4.39 Å². The third-order valence-electron chi connectivity index (χ3n) is 3.06. The average molecular weight is 238 g/mol. The van der Waals surface area contributed by atoms with E-state index in [4.69, 9.17) is 5.11 Å². The minimum atomic E-state index is -0.868. The molecule has 0 aromatic heterocycles. The normalized spacial score (nSPS) is 27.1. The minimum Gasteiger partial charge on any atom is -0.481 e. The van der Waals surface area contributed by atoms with Gasteiger partial charge >= 0.3 is 5.97 Å². The van der Waals surface area contributed by atoms with Gasteiger partial charge < -0.3 is 5.11 Å². The summed E-state index contributed by atoms with van der Waals surface area (Å²) in [5.74, 6) is 3.08. The van der Waals surface area contributed by atoms with E-state index in [0.717, 1.165) is 0 Å². The van der Waals surface area contributed by atoms with E-state index in [1.54, 1.807) is 0 Å². The Morgan fingerprint density at radius 1 is 1.41 bits per heavy atom. The first-order valence-electron chi connectivity index (χ1n) is 5.69. The summed E-state index contributed by atoms with van der Waals surface area (Å²) >= 11 is 0. The van der Waals surface area contributed by atoms with Crippen molar-refractivity contribution in [2.24, 2.45) is 22.7 Å². The Labute approximate surface area is 102 Å². The Morgan fingerprint density at radius 2 is 1.94 bits per heavy atom. The Bertz CT molecular complexity index is 416. The quantitative estimate of drug-likeness (QED) is 0.750. The monoisotopic (exact) mass is 238 g/mol. The maximum absolute atomic E-state index is 13.5. The molecule has 2 unspecified atom stereocenters. The van der Waals surface area contributed by atoms with Crippen LogP contribution in [0.2, 0.25) is 0 Å². The van der Waals surface area contributed by atoms with Gasteiger partial charge in [0.25, 0.3) is 0 Å². The largest absolute Gasteiger partial charge is 0.481 e. The van der Waals surface area contributed by atoms with Crippen LogP contribution in [-0.4, -0.2) is 11.1 Å². The number of carboxylic acid groups (broad SMARTS) is 1. The molecule has 2 nitrogen and oxygen atoms in total. The third-order valence-corrected chi connectivity index (χ3v) is 3.06. The van der Waals surface area contributed by atoms with E-state index >= 15 is 0 Å². The van der Waals surface area contributed by atoms with Gasteiger partial charge in [-0.3, -0.25) is 4.79 Å². The van der Waals surface area contributed by atoms with Gasteiger partial charge in [0.1, 0.15) is 0 Å². The number of allylic oxidation sites excluding steroid dienone is 2. The van der Waals surface area contributed by atoms with Crippen molar-refractivity contribution in [1.82, 2.24) is 0 Å². The summed E-state index contributed by atoms with van der Waals surface area (Å²) in [7, 11) is 0. The Kier molecular flexibility index (Phi) is 3.38. The molecule has 0 saturated heterocycles. The zero-order valence-electron chi connectivity index (χ0n) is 11.0. The molecule has 1 saturated carbocycles. The van der Waals surface area contributed by atoms with Gasteiger partial charge in [0.05, 0.1) is 5.92 Å². The van der Waals surface area contributed by atoms with Crippen molar-refractivity contribution in [3.63, 3.8) is 0 Å². The zero-order valence-corrected chi connectivity index (χ0v) is 11.0. The molecule has 0 aliphatic heterocycles. The van der Waals surface area contributed by atoms with E-state index in [1.165, 1.54) is 6.08 Å². The van der Waals surface area contributed by atoms with Crippen LogP contribution in [0.5, 0.6) is 0 Å². The molecule has 17 heavy (non-hydrogen) atoms. The molecule has 0 aromatic carbocycles. The van der Waals surface area contributed by atoms with Crippen LogP contribution in [0.25, 0.3) is 0 Å². The van der Waals surface area contributed by atoms with Crippen molar-refractivity contribution >= 4 is 5.97 Å². The number of rotatable bonds is 2. The standard InChI is InChI=1S/C14H19FO2/c1-13(2,3)7-6-9(15)8-10-11(12(16)17)14(10,4)5/h8,10-11H,1-5H3,(H,16,17). The van der Waals surface area contributed by atoms with E-state index in [1.807, 2.05) is 34.6 Å². The number of hydrogen-bond acceptors (Lipinski definition) is 1. The summed E-state index contributed by atoms with van der Waals surface area (Å²) in [5.41, 5.74) is -0.622. The molecule has 1 aliphatic rings. The van der Waals surface area contributed by atoms with E-state index < -0.39 is 17.7 Å². The number of carbonyl (C=O) groups is 1. The van der Waals surface area contributed by atoms with E-state index in [2.05, 4.69) is 11.8 Å². The lowest BCUT2D eigenvalue weighted by atomic mass is 9.98. The van der Waals surface area contributed by atoms with Crippen molar-refractivity contribution in [2.75, 3.05) is 0 Å². The Hall–Kier alpha value is -1.30. The number of carboxylic acids is 1. The second-order valence-electron chi connectivity index (χ2n) is 6.18. The van der Waals surface area contributed by atoms with Crippen LogP contribution >= 0.6 is 0 Å². The molecule has 0 amide bonds. The van der Waals surface area contributed by atoms with Crippen LogP contribution < -0.4 is 0 Å². The molecule has 1 rings (SSSR count). The van der Waals surface area contributed by atoms with Crippen LogP contribution in [0.4, 0.5) is 4.39 Å². The third kappa shape index (κ3) is 3.33. The SMILES string of the molecule is CC(C)(C)C#CC(F)=CC1C(C(=O)O)C1(C)C. The minimum absolute atomic E-state index is 0.254. The summed E-state index contributed by atoms with van der Waals surface area (Å²) < 4.78 is 13.5. The van der Waals surface area contributed by atoms with Crippen LogP contribution in [0.15, 0.2) is 11.9 Å². The molecule has 0 spiro atoms. The summed E-state index contributed by atoms with van der Waals surface area (Å²) in [6.45, 7) is 9.35. The molecule has 1 aliphatic carbocycles. The highest BCUT2D eigenvalue weighted by Gasteiger charge is 2.61. The smallest absolute Gasteiger partial charge is 0.307 e. The summed E-state index contributed by atoms with van der Waals surface area (Å²) in [6.07, 6.45) is 1.34. The molecule has 1 N–H and O–H groups in total. The lowest BCUT2D eigenvalue weighted by Crippen LogP contribution is -2.03. The van der Waals surface area contributed by atoms with Gasteiger partial charge in [0.2, 0.25) is 0 Å². The highest BCUT2D eigenvalue weighted by molar-refractivity contribution is 5.76. The van der Waals surface area contributed by atoms with Crippen molar-refractivity contribution in [1.29, 1.82) is 0 Å². The first kappa shape index (κ1) is 13.8. The second kappa shape index (κ2) is 4.18. The molecular weight excluding hydrogens is 219 g/mol. The van der Waals surface area contributed by atoms with Crippen LogP contribution in [-0.2, 0) is 4.79 Å². The molecule has 0 bridgehead atoms. The maximum Gasteiger partial charge on any atom is 0.307 e. The van der Waals surface area contributed by atoms with Crippen molar-refractivity contribution in [3.05, 3.63) is 11.9 Å². The maximum atomic E-state index is 13.5. The fraction of sp³-hybridized carbons (Fsp3) is 0.643. The van der Waals surface area contributed by atoms with E-state index in [9.17, 15) is 9.18 Å². The first-order chi connectivity index (χ1) is 7.55. The number of halogens is 1. The molecule has 0 heterocycles. The molecule has 0 aromatic rings. The highest BCUT2D eigenvalue weighted by atomic mass is 19.1. The predicted molar refractivity (Wildman–Crippen MR) is 64.8 cm³/mol.